The summed E-state index contributed by atoms with van der Waals surface area (Å²) in [6, 6.07) is 15.0. The summed E-state index contributed by atoms with van der Waals surface area (Å²) < 4.78 is 31.2. The first-order valence-corrected chi connectivity index (χ1v) is 15.4. The smallest absolute Gasteiger partial charge is 0.371 e. The normalized spacial score (nSPS) is 12.8. The topological polar surface area (TPSA) is 46.2 Å². The van der Waals surface area contributed by atoms with Crippen molar-refractivity contribution in [1.82, 2.24) is 0 Å². The molecule has 180 valence electrons. The van der Waals surface area contributed by atoms with Gasteiger partial charge in [0.05, 0.1) is 0 Å². The number of hydrogen-bond donors (Lipinski definition) is 0. The van der Waals surface area contributed by atoms with E-state index in [9.17, 15) is 0 Å². The first-order valence-electron chi connectivity index (χ1n) is 11.0. The van der Waals surface area contributed by atoms with Crippen LogP contribution in [0.1, 0.15) is 38.8 Å². The molecule has 0 N–H and O–H groups in total. The van der Waals surface area contributed by atoms with Gasteiger partial charge in [0.2, 0.25) is 0 Å². The number of halogens is 2. The third-order valence-electron chi connectivity index (χ3n) is 4.37. The molecule has 0 aliphatic heterocycles. The van der Waals surface area contributed by atoms with E-state index in [1.165, 1.54) is 0 Å². The lowest BCUT2D eigenvalue weighted by atomic mass is 10.2. The molecule has 0 spiro atoms. The molecule has 0 aliphatic rings. The van der Waals surface area contributed by atoms with Crippen molar-refractivity contribution in [3.63, 3.8) is 0 Å². The molecule has 2 aromatic carbocycles. The van der Waals surface area contributed by atoms with Gasteiger partial charge in [-0.3, -0.25) is 0 Å². The van der Waals surface area contributed by atoms with Crippen LogP contribution >= 0.6 is 23.2 Å². The molecule has 33 heavy (non-hydrogen) atoms. The summed E-state index contributed by atoms with van der Waals surface area (Å²) in [6.45, 7) is 9.31. The quantitative estimate of drug-likeness (QED) is 0.252. The number of benzene rings is 2. The summed E-state index contributed by atoms with van der Waals surface area (Å²) in [5.41, 5.74) is 5.66. The van der Waals surface area contributed by atoms with E-state index < -0.39 is 17.6 Å². The Balaban J connectivity index is 2.45. The first-order chi connectivity index (χ1) is 15.9. The van der Waals surface area contributed by atoms with E-state index in [0.29, 0.717) is 36.5 Å². The zero-order chi connectivity index (χ0) is 24.2. The molecular weight excluding hydrogens is 495 g/mol. The Labute approximate surface area is 209 Å². The van der Waals surface area contributed by atoms with Crippen LogP contribution in [0.3, 0.4) is 0 Å². The zero-order valence-corrected chi connectivity index (χ0v) is 23.1. The summed E-state index contributed by atoms with van der Waals surface area (Å²) in [6.07, 6.45) is 3.85. The molecule has 2 aromatic rings. The summed E-state index contributed by atoms with van der Waals surface area (Å²) >= 11 is 12.0. The molecule has 5 nitrogen and oxygen atoms in total. The molecule has 0 aromatic heterocycles. The minimum atomic E-state index is -3.32. The van der Waals surface area contributed by atoms with Gasteiger partial charge in [0.15, 0.2) is 0 Å². The molecule has 0 radical (unpaired) electrons. The van der Waals surface area contributed by atoms with E-state index in [4.69, 9.17) is 45.0 Å². The average molecular weight is 528 g/mol. The molecule has 9 heteroatoms. The first kappa shape index (κ1) is 28.0. The summed E-state index contributed by atoms with van der Waals surface area (Å²) in [5, 5.41) is 1.35. The Hall–Kier alpha value is -1.27. The highest BCUT2D eigenvalue weighted by atomic mass is 35.5. The van der Waals surface area contributed by atoms with Crippen LogP contribution in [0.5, 0.6) is 0 Å². The zero-order valence-electron chi connectivity index (χ0n) is 19.6. The highest BCUT2D eigenvalue weighted by Crippen LogP contribution is 2.25. The minimum Gasteiger partial charge on any atom is -0.371 e. The Kier molecular flexibility index (Phi) is 12.0. The van der Waals surface area contributed by atoms with Crippen LogP contribution in [-0.4, -0.2) is 44.0 Å². The third-order valence-corrected chi connectivity index (χ3v) is 11.1. The SMILES string of the molecule is CCO[Si](C=Cc1ccc(Cl)cc1)(OCC)O[Si](C=Cc1ccc(Cl)cc1)(OCC)OCC. The van der Waals surface area contributed by atoms with Crippen molar-refractivity contribution >= 4 is 53.0 Å². The lowest BCUT2D eigenvalue weighted by Crippen LogP contribution is -2.57. The molecule has 0 unspecified atom stereocenters. The molecule has 2 rings (SSSR count). The summed E-state index contributed by atoms with van der Waals surface area (Å²) in [5.74, 6) is 0. The third kappa shape index (κ3) is 9.12. The van der Waals surface area contributed by atoms with Gasteiger partial charge in [-0.1, -0.05) is 59.6 Å². The van der Waals surface area contributed by atoms with Crippen LogP contribution < -0.4 is 0 Å². The minimum absolute atomic E-state index is 0.417. The largest absolute Gasteiger partial charge is 0.522 e. The Bertz CT molecular complexity index is 803. The van der Waals surface area contributed by atoms with Crippen molar-refractivity contribution in [2.75, 3.05) is 26.4 Å². The summed E-state index contributed by atoms with van der Waals surface area (Å²) in [7, 11) is -6.65. The van der Waals surface area contributed by atoms with E-state index in [1.54, 1.807) is 0 Å². The molecule has 0 atom stereocenters. The Morgan fingerprint density at radius 1 is 0.576 bits per heavy atom. The van der Waals surface area contributed by atoms with Crippen LogP contribution in [0.25, 0.3) is 12.2 Å². The second-order valence-corrected chi connectivity index (χ2v) is 12.7. The molecular formula is C24H32Cl2O5Si2. The van der Waals surface area contributed by atoms with Gasteiger partial charge in [-0.15, -0.1) is 0 Å². The highest BCUT2D eigenvalue weighted by molar-refractivity contribution is 6.80. The average Bonchev–Trinajstić information content (AvgIpc) is 2.79. The van der Waals surface area contributed by atoms with Gasteiger partial charge in [-0.2, -0.15) is 0 Å². The number of hydrogen-bond acceptors (Lipinski definition) is 5. The molecule has 0 saturated heterocycles. The summed E-state index contributed by atoms with van der Waals surface area (Å²) in [4.78, 5) is 0. The molecule has 0 bridgehead atoms. The van der Waals surface area contributed by atoms with Crippen LogP contribution in [-0.2, 0) is 21.8 Å². The van der Waals surface area contributed by atoms with Crippen molar-refractivity contribution < 1.29 is 21.8 Å². The maximum absolute atomic E-state index is 6.64. The number of rotatable bonds is 14. The van der Waals surface area contributed by atoms with Crippen molar-refractivity contribution in [1.29, 1.82) is 0 Å². The van der Waals surface area contributed by atoms with Gasteiger partial charge in [-0.25, -0.2) is 0 Å². The van der Waals surface area contributed by atoms with Crippen LogP contribution in [0.15, 0.2) is 59.9 Å². The lowest BCUT2D eigenvalue weighted by molar-refractivity contribution is 0.0657. The van der Waals surface area contributed by atoms with E-state index in [0.717, 1.165) is 11.1 Å². The highest BCUT2D eigenvalue weighted by Gasteiger charge is 2.51. The fraction of sp³-hybridized carbons (Fsp3) is 0.333. The van der Waals surface area contributed by atoms with Gasteiger partial charge in [0, 0.05) is 36.5 Å². The van der Waals surface area contributed by atoms with Crippen molar-refractivity contribution in [2.45, 2.75) is 27.7 Å². The molecule has 0 amide bonds. The Morgan fingerprint density at radius 2 is 0.879 bits per heavy atom. The standard InChI is InChI=1S/C24H32Cl2O5Si2/c1-5-27-32(28-6-2,19-17-21-9-13-23(25)14-10-21)31-33(29-7-3,30-8-4)20-18-22-11-15-24(26)16-12-22/h9-20H,5-8H2,1-4H3. The van der Waals surface area contributed by atoms with E-state index in [-0.39, 0.29) is 0 Å². The van der Waals surface area contributed by atoms with Crippen molar-refractivity contribution in [3.8, 4) is 0 Å². The van der Waals surface area contributed by atoms with Crippen LogP contribution in [0.4, 0.5) is 0 Å². The van der Waals surface area contributed by atoms with Gasteiger partial charge >= 0.3 is 17.6 Å². The molecule has 0 saturated carbocycles. The van der Waals surface area contributed by atoms with Crippen LogP contribution in [0.2, 0.25) is 10.0 Å². The van der Waals surface area contributed by atoms with E-state index in [1.807, 2.05) is 99.8 Å². The Morgan fingerprint density at radius 3 is 1.15 bits per heavy atom. The van der Waals surface area contributed by atoms with Crippen molar-refractivity contribution in [3.05, 3.63) is 81.1 Å². The fourth-order valence-electron chi connectivity index (χ4n) is 3.01. The van der Waals surface area contributed by atoms with Crippen molar-refractivity contribution in [2.24, 2.45) is 0 Å². The monoisotopic (exact) mass is 526 g/mol. The maximum Gasteiger partial charge on any atom is 0.522 e. The maximum atomic E-state index is 6.64. The lowest BCUT2D eigenvalue weighted by Gasteiger charge is -2.34. The van der Waals surface area contributed by atoms with Gasteiger partial charge in [-0.05, 0) is 74.5 Å². The van der Waals surface area contributed by atoms with Crippen LogP contribution in [0, 0.1) is 0 Å². The molecule has 0 fully saturated rings. The predicted octanol–water partition coefficient (Wildman–Crippen LogP) is 6.84. The molecule has 0 heterocycles. The second kappa shape index (κ2) is 14.2. The molecule has 0 aliphatic carbocycles. The van der Waals surface area contributed by atoms with Gasteiger partial charge < -0.3 is 21.8 Å². The van der Waals surface area contributed by atoms with Gasteiger partial charge in [0.1, 0.15) is 0 Å². The second-order valence-electron chi connectivity index (χ2n) is 6.81. The predicted molar refractivity (Wildman–Crippen MR) is 140 cm³/mol. The van der Waals surface area contributed by atoms with Gasteiger partial charge in [0.25, 0.3) is 0 Å². The van der Waals surface area contributed by atoms with E-state index >= 15 is 0 Å². The fourth-order valence-corrected chi connectivity index (χ4v) is 9.29. The van der Waals surface area contributed by atoms with E-state index in [2.05, 4.69) is 0 Å².